The summed E-state index contributed by atoms with van der Waals surface area (Å²) in [7, 11) is 0. The number of hydrogen-bond donors (Lipinski definition) is 1. The first kappa shape index (κ1) is 16.0. The second-order valence-electron chi connectivity index (χ2n) is 5.75. The van der Waals surface area contributed by atoms with E-state index in [0.29, 0.717) is 26.2 Å². The van der Waals surface area contributed by atoms with E-state index in [2.05, 4.69) is 10.3 Å². The molecule has 3 amide bonds. The molecule has 1 fully saturated rings. The molecule has 0 unspecified atom stereocenters. The molecular formula is C18H20N4O2. The van der Waals surface area contributed by atoms with Crippen LogP contribution in [0, 0.1) is 0 Å². The Morgan fingerprint density at radius 2 is 1.79 bits per heavy atom. The molecule has 0 radical (unpaired) electrons. The molecule has 3 rings (SSSR count). The summed E-state index contributed by atoms with van der Waals surface area (Å²) in [4.78, 5) is 31.8. The SMILES string of the molecule is O=C(CN1CCN(Cc2ccccc2)C1=O)NCc1cccnc1. The van der Waals surface area contributed by atoms with Gasteiger partial charge in [0.1, 0.15) is 6.54 Å². The largest absolute Gasteiger partial charge is 0.350 e. The molecule has 6 nitrogen and oxygen atoms in total. The van der Waals surface area contributed by atoms with Crippen LogP contribution in [0.3, 0.4) is 0 Å². The summed E-state index contributed by atoms with van der Waals surface area (Å²) >= 11 is 0. The van der Waals surface area contributed by atoms with Crippen LogP contribution in [0.2, 0.25) is 0 Å². The second kappa shape index (κ2) is 7.59. The normalized spacial score (nSPS) is 14.1. The van der Waals surface area contributed by atoms with Gasteiger partial charge >= 0.3 is 6.03 Å². The van der Waals surface area contributed by atoms with Crippen LogP contribution < -0.4 is 5.32 Å². The average molecular weight is 324 g/mol. The number of carbonyl (C=O) groups excluding carboxylic acids is 2. The van der Waals surface area contributed by atoms with Gasteiger partial charge in [0.05, 0.1) is 0 Å². The quantitative estimate of drug-likeness (QED) is 0.878. The Kier molecular flexibility index (Phi) is 5.05. The zero-order valence-electron chi connectivity index (χ0n) is 13.4. The zero-order chi connectivity index (χ0) is 16.8. The third-order valence-electron chi connectivity index (χ3n) is 3.94. The van der Waals surface area contributed by atoms with Gasteiger partial charge in [-0.1, -0.05) is 36.4 Å². The molecule has 1 aromatic carbocycles. The zero-order valence-corrected chi connectivity index (χ0v) is 13.4. The van der Waals surface area contributed by atoms with Crippen LogP contribution in [0.5, 0.6) is 0 Å². The fourth-order valence-corrected chi connectivity index (χ4v) is 2.66. The highest BCUT2D eigenvalue weighted by molar-refractivity contribution is 5.85. The summed E-state index contributed by atoms with van der Waals surface area (Å²) < 4.78 is 0. The molecule has 124 valence electrons. The van der Waals surface area contributed by atoms with Crippen molar-refractivity contribution in [2.24, 2.45) is 0 Å². The van der Waals surface area contributed by atoms with Gasteiger partial charge in [-0.3, -0.25) is 9.78 Å². The fraction of sp³-hybridized carbons (Fsp3) is 0.278. The third-order valence-corrected chi connectivity index (χ3v) is 3.94. The summed E-state index contributed by atoms with van der Waals surface area (Å²) in [5.41, 5.74) is 2.03. The van der Waals surface area contributed by atoms with Gasteiger partial charge in [-0.2, -0.15) is 0 Å². The van der Waals surface area contributed by atoms with Gasteiger partial charge in [0.15, 0.2) is 0 Å². The van der Waals surface area contributed by atoms with Gasteiger partial charge in [-0.05, 0) is 17.2 Å². The first-order chi connectivity index (χ1) is 11.7. The van der Waals surface area contributed by atoms with Crippen molar-refractivity contribution in [2.75, 3.05) is 19.6 Å². The number of aromatic nitrogens is 1. The van der Waals surface area contributed by atoms with E-state index in [1.807, 2.05) is 42.5 Å². The van der Waals surface area contributed by atoms with Gasteiger partial charge in [-0.25, -0.2) is 4.79 Å². The number of rotatable bonds is 6. The van der Waals surface area contributed by atoms with E-state index in [1.54, 1.807) is 22.2 Å². The predicted octanol–water partition coefficient (Wildman–Crippen LogP) is 1.64. The number of hydrogen-bond acceptors (Lipinski definition) is 3. The van der Waals surface area contributed by atoms with Crippen molar-refractivity contribution in [3.05, 3.63) is 66.0 Å². The molecule has 6 heteroatoms. The van der Waals surface area contributed by atoms with Gasteiger partial charge in [0.25, 0.3) is 0 Å². The Balaban J connectivity index is 1.47. The maximum Gasteiger partial charge on any atom is 0.320 e. The van der Waals surface area contributed by atoms with Crippen LogP contribution in [0.25, 0.3) is 0 Å². The summed E-state index contributed by atoms with van der Waals surface area (Å²) in [6.07, 6.45) is 3.40. The van der Waals surface area contributed by atoms with E-state index < -0.39 is 0 Å². The summed E-state index contributed by atoms with van der Waals surface area (Å²) in [6.45, 7) is 2.30. The number of benzene rings is 1. The number of urea groups is 1. The standard InChI is InChI=1S/C18H20N4O2/c23-17(20-12-16-7-4-8-19-11-16)14-22-10-9-21(18(22)24)13-15-5-2-1-3-6-15/h1-8,11H,9-10,12-14H2,(H,20,23). The average Bonchev–Trinajstić information content (AvgIpc) is 2.95. The molecule has 2 aromatic rings. The lowest BCUT2D eigenvalue weighted by Gasteiger charge is -2.18. The van der Waals surface area contributed by atoms with Gasteiger partial charge in [0, 0.05) is 38.6 Å². The number of carbonyl (C=O) groups is 2. The Bertz CT molecular complexity index is 691. The minimum absolute atomic E-state index is 0.0876. The first-order valence-electron chi connectivity index (χ1n) is 7.96. The number of amides is 3. The second-order valence-corrected chi connectivity index (χ2v) is 5.75. The van der Waals surface area contributed by atoms with Crippen LogP contribution in [-0.2, 0) is 17.9 Å². The third kappa shape index (κ3) is 4.10. The molecule has 0 aliphatic carbocycles. The van der Waals surface area contributed by atoms with Gasteiger partial charge in [-0.15, -0.1) is 0 Å². The molecule has 1 N–H and O–H groups in total. The minimum Gasteiger partial charge on any atom is -0.350 e. The molecule has 1 aliphatic heterocycles. The van der Waals surface area contributed by atoms with E-state index in [1.165, 1.54) is 0 Å². The van der Waals surface area contributed by atoms with Crippen LogP contribution in [0.15, 0.2) is 54.9 Å². The van der Waals surface area contributed by atoms with Crippen molar-refractivity contribution in [1.29, 1.82) is 0 Å². The Morgan fingerprint density at radius 1 is 1.04 bits per heavy atom. The van der Waals surface area contributed by atoms with E-state index in [4.69, 9.17) is 0 Å². The van der Waals surface area contributed by atoms with Crippen molar-refractivity contribution < 1.29 is 9.59 Å². The monoisotopic (exact) mass is 324 g/mol. The van der Waals surface area contributed by atoms with E-state index in [-0.39, 0.29) is 18.5 Å². The van der Waals surface area contributed by atoms with Crippen LogP contribution in [-0.4, -0.2) is 46.4 Å². The highest BCUT2D eigenvalue weighted by Crippen LogP contribution is 2.13. The van der Waals surface area contributed by atoms with E-state index >= 15 is 0 Å². The van der Waals surface area contributed by atoms with Gasteiger partial charge in [0.2, 0.25) is 5.91 Å². The molecule has 0 atom stereocenters. The number of pyridine rings is 1. The number of nitrogens with one attached hydrogen (secondary N) is 1. The maximum atomic E-state index is 12.4. The highest BCUT2D eigenvalue weighted by atomic mass is 16.2. The maximum absolute atomic E-state index is 12.4. The molecule has 1 aromatic heterocycles. The molecule has 1 aliphatic rings. The van der Waals surface area contributed by atoms with Crippen molar-refractivity contribution in [3.8, 4) is 0 Å². The smallest absolute Gasteiger partial charge is 0.320 e. The molecular weight excluding hydrogens is 304 g/mol. The minimum atomic E-state index is -0.159. The topological polar surface area (TPSA) is 65.5 Å². The molecule has 2 heterocycles. The lowest BCUT2D eigenvalue weighted by atomic mass is 10.2. The van der Waals surface area contributed by atoms with Crippen molar-refractivity contribution in [3.63, 3.8) is 0 Å². The number of nitrogens with zero attached hydrogens (tertiary/aromatic N) is 3. The predicted molar refractivity (Wildman–Crippen MR) is 89.9 cm³/mol. The summed E-state index contributed by atoms with van der Waals surface area (Å²) in [5.74, 6) is -0.159. The van der Waals surface area contributed by atoms with Gasteiger partial charge < -0.3 is 15.1 Å². The lowest BCUT2D eigenvalue weighted by molar-refractivity contribution is -0.121. The van der Waals surface area contributed by atoms with Crippen LogP contribution >= 0.6 is 0 Å². The Morgan fingerprint density at radius 3 is 2.54 bits per heavy atom. The molecule has 1 saturated heterocycles. The van der Waals surface area contributed by atoms with Crippen molar-refractivity contribution in [2.45, 2.75) is 13.1 Å². The Labute approximate surface area is 141 Å². The molecule has 0 bridgehead atoms. The van der Waals surface area contributed by atoms with E-state index in [0.717, 1.165) is 11.1 Å². The summed E-state index contributed by atoms with van der Waals surface area (Å²) in [6, 6.07) is 13.5. The highest BCUT2D eigenvalue weighted by Gasteiger charge is 2.29. The molecule has 0 saturated carbocycles. The fourth-order valence-electron chi connectivity index (χ4n) is 2.66. The van der Waals surface area contributed by atoms with Crippen LogP contribution in [0.4, 0.5) is 4.79 Å². The van der Waals surface area contributed by atoms with Crippen LogP contribution in [0.1, 0.15) is 11.1 Å². The van der Waals surface area contributed by atoms with Crippen molar-refractivity contribution >= 4 is 11.9 Å². The molecule has 24 heavy (non-hydrogen) atoms. The summed E-state index contributed by atoms with van der Waals surface area (Å²) in [5, 5.41) is 2.82. The van der Waals surface area contributed by atoms with Crippen molar-refractivity contribution in [1.82, 2.24) is 20.1 Å². The van der Waals surface area contributed by atoms with E-state index in [9.17, 15) is 9.59 Å². The lowest BCUT2D eigenvalue weighted by Crippen LogP contribution is -2.39. The first-order valence-corrected chi connectivity index (χ1v) is 7.96. The molecule has 0 spiro atoms. The Hall–Kier alpha value is -2.89.